The fourth-order valence-electron chi connectivity index (χ4n) is 2.40. The molecule has 0 radical (unpaired) electrons. The zero-order chi connectivity index (χ0) is 14.7. The van der Waals surface area contributed by atoms with Gasteiger partial charge in [-0.3, -0.25) is 0 Å². The molecule has 3 rings (SSSR count). The van der Waals surface area contributed by atoms with Gasteiger partial charge in [0.05, 0.1) is 6.54 Å². The number of anilines is 2. The van der Waals surface area contributed by atoms with Gasteiger partial charge in [0.25, 0.3) is 0 Å². The van der Waals surface area contributed by atoms with Crippen molar-refractivity contribution in [3.05, 3.63) is 27.2 Å². The van der Waals surface area contributed by atoms with E-state index in [4.69, 9.17) is 11.6 Å². The minimum absolute atomic E-state index is 0.246. The lowest BCUT2D eigenvalue weighted by molar-refractivity contribution is 0.567. The largest absolute Gasteiger partial charge is 0.349 e. The van der Waals surface area contributed by atoms with E-state index in [1.54, 1.807) is 11.3 Å². The molecule has 0 amide bonds. The van der Waals surface area contributed by atoms with Crippen molar-refractivity contribution in [1.82, 2.24) is 15.0 Å². The number of hydrogen-bond donors (Lipinski definition) is 1. The van der Waals surface area contributed by atoms with Gasteiger partial charge in [0.15, 0.2) is 0 Å². The van der Waals surface area contributed by atoms with E-state index < -0.39 is 0 Å². The Morgan fingerprint density at radius 2 is 2.05 bits per heavy atom. The van der Waals surface area contributed by atoms with Gasteiger partial charge in [-0.05, 0) is 54.8 Å². The second-order valence-electron chi connectivity index (χ2n) is 5.16. The van der Waals surface area contributed by atoms with Crippen molar-refractivity contribution in [3.63, 3.8) is 0 Å². The van der Waals surface area contributed by atoms with Crippen LogP contribution in [0.3, 0.4) is 0 Å². The Balaban J connectivity index is 1.73. The van der Waals surface area contributed by atoms with E-state index in [0.29, 0.717) is 18.4 Å². The van der Waals surface area contributed by atoms with Crippen LogP contribution in [-0.2, 0) is 6.54 Å². The summed E-state index contributed by atoms with van der Waals surface area (Å²) in [5.74, 6) is 1.23. The van der Waals surface area contributed by atoms with Gasteiger partial charge in [-0.25, -0.2) is 0 Å². The summed E-state index contributed by atoms with van der Waals surface area (Å²) < 4.78 is 0. The zero-order valence-electron chi connectivity index (χ0n) is 12.0. The third-order valence-corrected chi connectivity index (χ3v) is 4.80. The Bertz CT molecular complexity index is 609. The van der Waals surface area contributed by atoms with Gasteiger partial charge >= 0.3 is 0 Å². The summed E-state index contributed by atoms with van der Waals surface area (Å²) in [6.07, 6.45) is 3.64. The first-order valence-corrected chi connectivity index (χ1v) is 8.41. The van der Waals surface area contributed by atoms with Crippen LogP contribution in [0.2, 0.25) is 5.28 Å². The second-order valence-corrected chi connectivity index (χ2v) is 6.49. The number of halogens is 1. The van der Waals surface area contributed by atoms with Crippen molar-refractivity contribution in [1.29, 1.82) is 0 Å². The molecule has 5 nitrogen and oxygen atoms in total. The monoisotopic (exact) mass is 323 g/mol. The number of nitrogens with zero attached hydrogens (tertiary/aromatic N) is 4. The molecule has 1 N–H and O–H groups in total. The summed E-state index contributed by atoms with van der Waals surface area (Å²) in [5.41, 5.74) is 1.28. The molecule has 0 atom stereocenters. The van der Waals surface area contributed by atoms with Crippen LogP contribution in [0.1, 0.15) is 29.7 Å². The summed E-state index contributed by atoms with van der Waals surface area (Å²) in [5, 5.41) is 5.58. The lowest BCUT2D eigenvalue weighted by Gasteiger charge is -2.26. The molecule has 21 heavy (non-hydrogen) atoms. The molecular formula is C14H18ClN5S. The third-order valence-electron chi connectivity index (χ3n) is 3.61. The highest BCUT2D eigenvalue weighted by Crippen LogP contribution is 2.20. The molecule has 0 aliphatic carbocycles. The summed E-state index contributed by atoms with van der Waals surface area (Å²) >= 11 is 7.76. The highest BCUT2D eigenvalue weighted by atomic mass is 35.5. The molecule has 1 fully saturated rings. The highest BCUT2D eigenvalue weighted by Gasteiger charge is 2.15. The maximum absolute atomic E-state index is 6.03. The van der Waals surface area contributed by atoms with Crippen molar-refractivity contribution in [2.45, 2.75) is 32.7 Å². The molecule has 112 valence electrons. The van der Waals surface area contributed by atoms with Crippen LogP contribution in [0.4, 0.5) is 11.9 Å². The summed E-state index contributed by atoms with van der Waals surface area (Å²) in [6, 6.07) is 2.11. The molecular weight excluding hydrogens is 306 g/mol. The fraction of sp³-hybridized carbons (Fsp3) is 0.500. The topological polar surface area (TPSA) is 53.9 Å². The van der Waals surface area contributed by atoms with Crippen LogP contribution in [-0.4, -0.2) is 28.0 Å². The van der Waals surface area contributed by atoms with Gasteiger partial charge in [0, 0.05) is 18.0 Å². The van der Waals surface area contributed by atoms with Gasteiger partial charge in [0.2, 0.25) is 17.2 Å². The lowest BCUT2D eigenvalue weighted by Crippen LogP contribution is -2.31. The SMILES string of the molecule is Cc1ccsc1CNc1nc(Cl)nc(N2CCCCC2)n1. The second kappa shape index (κ2) is 6.58. The van der Waals surface area contributed by atoms with Gasteiger partial charge in [-0.2, -0.15) is 15.0 Å². The van der Waals surface area contributed by atoms with Crippen LogP contribution in [0.5, 0.6) is 0 Å². The van der Waals surface area contributed by atoms with Crippen molar-refractivity contribution >= 4 is 34.8 Å². The first-order chi connectivity index (χ1) is 10.2. The summed E-state index contributed by atoms with van der Waals surface area (Å²) in [7, 11) is 0. The number of rotatable bonds is 4. The molecule has 0 aromatic carbocycles. The zero-order valence-corrected chi connectivity index (χ0v) is 13.5. The van der Waals surface area contributed by atoms with Crippen molar-refractivity contribution in [2.75, 3.05) is 23.3 Å². The molecule has 0 saturated carbocycles. The number of thiophene rings is 1. The predicted molar refractivity (Wildman–Crippen MR) is 87.3 cm³/mol. The molecule has 1 saturated heterocycles. The quantitative estimate of drug-likeness (QED) is 0.933. The van der Waals surface area contributed by atoms with Crippen LogP contribution in [0.15, 0.2) is 11.4 Å². The Labute approximate surface area is 133 Å². The van der Waals surface area contributed by atoms with E-state index in [0.717, 1.165) is 13.1 Å². The lowest BCUT2D eigenvalue weighted by atomic mass is 10.1. The van der Waals surface area contributed by atoms with E-state index in [9.17, 15) is 0 Å². The molecule has 1 aliphatic heterocycles. The van der Waals surface area contributed by atoms with E-state index in [-0.39, 0.29) is 5.28 Å². The van der Waals surface area contributed by atoms with Gasteiger partial charge in [0.1, 0.15) is 0 Å². The number of hydrogen-bond acceptors (Lipinski definition) is 6. The van der Waals surface area contributed by atoms with E-state index in [1.807, 2.05) is 0 Å². The number of nitrogens with one attached hydrogen (secondary N) is 1. The van der Waals surface area contributed by atoms with Gasteiger partial charge in [-0.15, -0.1) is 11.3 Å². The Kier molecular flexibility index (Phi) is 4.55. The Hall–Kier alpha value is -1.40. The minimum Gasteiger partial charge on any atom is -0.349 e. The number of aromatic nitrogens is 3. The standard InChI is InChI=1S/C14H18ClN5S/c1-10-5-8-21-11(10)9-16-13-17-12(15)18-14(19-13)20-6-3-2-4-7-20/h5,8H,2-4,6-7,9H2,1H3,(H,16,17,18,19). The first kappa shape index (κ1) is 14.5. The van der Waals surface area contributed by atoms with Crippen LogP contribution >= 0.6 is 22.9 Å². The predicted octanol–water partition coefficient (Wildman–Crippen LogP) is 3.50. The summed E-state index contributed by atoms with van der Waals surface area (Å²) in [6.45, 7) is 4.80. The van der Waals surface area contributed by atoms with Gasteiger partial charge < -0.3 is 10.2 Å². The van der Waals surface area contributed by atoms with Crippen molar-refractivity contribution < 1.29 is 0 Å². The maximum atomic E-state index is 6.03. The Morgan fingerprint density at radius 3 is 2.76 bits per heavy atom. The smallest absolute Gasteiger partial charge is 0.231 e. The van der Waals surface area contributed by atoms with Crippen LogP contribution in [0, 0.1) is 6.92 Å². The van der Waals surface area contributed by atoms with E-state index in [2.05, 4.69) is 43.5 Å². The van der Waals surface area contributed by atoms with E-state index in [1.165, 1.54) is 29.7 Å². The fourth-order valence-corrected chi connectivity index (χ4v) is 3.40. The summed E-state index contributed by atoms with van der Waals surface area (Å²) in [4.78, 5) is 16.4. The molecule has 1 aliphatic rings. The molecule has 2 aromatic heterocycles. The number of piperidine rings is 1. The molecule has 0 bridgehead atoms. The molecule has 3 heterocycles. The van der Waals surface area contributed by atoms with Crippen LogP contribution < -0.4 is 10.2 Å². The molecule has 7 heteroatoms. The number of aryl methyl sites for hydroxylation is 1. The van der Waals surface area contributed by atoms with E-state index >= 15 is 0 Å². The molecule has 2 aromatic rings. The average Bonchev–Trinajstić information content (AvgIpc) is 2.91. The highest BCUT2D eigenvalue weighted by molar-refractivity contribution is 7.10. The van der Waals surface area contributed by atoms with Crippen molar-refractivity contribution in [2.24, 2.45) is 0 Å². The molecule has 0 spiro atoms. The maximum Gasteiger partial charge on any atom is 0.231 e. The average molecular weight is 324 g/mol. The molecule has 0 unspecified atom stereocenters. The van der Waals surface area contributed by atoms with Crippen molar-refractivity contribution in [3.8, 4) is 0 Å². The normalized spacial score (nSPS) is 15.2. The first-order valence-electron chi connectivity index (χ1n) is 7.16. The van der Waals surface area contributed by atoms with Crippen LogP contribution in [0.25, 0.3) is 0 Å². The van der Waals surface area contributed by atoms with Gasteiger partial charge in [-0.1, -0.05) is 0 Å². The minimum atomic E-state index is 0.246. The Morgan fingerprint density at radius 1 is 1.24 bits per heavy atom. The third kappa shape index (κ3) is 3.63.